The van der Waals surface area contributed by atoms with Gasteiger partial charge in [0.15, 0.2) is 5.16 Å². The van der Waals surface area contributed by atoms with Gasteiger partial charge >= 0.3 is 5.97 Å². The van der Waals surface area contributed by atoms with Gasteiger partial charge in [-0.2, -0.15) is 0 Å². The third-order valence-electron chi connectivity index (χ3n) is 4.15. The zero-order chi connectivity index (χ0) is 19.5. The van der Waals surface area contributed by atoms with Crippen LogP contribution >= 0.6 is 39.3 Å². The maximum absolute atomic E-state index is 11.7. The Hall–Kier alpha value is -1.31. The molecule has 0 aliphatic carbocycles. The molecule has 0 bridgehead atoms. The summed E-state index contributed by atoms with van der Waals surface area (Å²) >= 11 is 10.8. The molecule has 1 atom stereocenters. The lowest BCUT2D eigenvalue weighted by molar-refractivity contribution is -0.139. The monoisotopic (exact) mass is 457 g/mol. The van der Waals surface area contributed by atoms with Crippen LogP contribution in [0, 0.1) is 13.8 Å². The van der Waals surface area contributed by atoms with Crippen LogP contribution in [0.25, 0.3) is 0 Å². The van der Waals surface area contributed by atoms with Gasteiger partial charge in [0, 0.05) is 16.2 Å². The van der Waals surface area contributed by atoms with Gasteiger partial charge in [0.1, 0.15) is 15.7 Å². The molecule has 1 unspecified atom stereocenters. The van der Waals surface area contributed by atoms with E-state index in [0.717, 1.165) is 39.5 Å². The number of carboxylic acids is 1. The van der Waals surface area contributed by atoms with E-state index in [1.54, 1.807) is 13.0 Å². The Morgan fingerprint density at radius 2 is 2.04 bits per heavy atom. The zero-order valence-electron chi connectivity index (χ0n) is 15.1. The average molecular weight is 459 g/mol. The summed E-state index contributed by atoms with van der Waals surface area (Å²) in [5.41, 5.74) is 3.13. The van der Waals surface area contributed by atoms with E-state index in [0.29, 0.717) is 17.4 Å². The third-order valence-corrected chi connectivity index (χ3v) is 6.40. The lowest BCUT2D eigenvalue weighted by atomic mass is 10.1. The summed E-state index contributed by atoms with van der Waals surface area (Å²) in [6.45, 7) is 7.68. The highest BCUT2D eigenvalue weighted by atomic mass is 79.9. The van der Waals surface area contributed by atoms with Crippen LogP contribution in [0.15, 0.2) is 27.8 Å². The molecule has 26 heavy (non-hydrogen) atoms. The van der Waals surface area contributed by atoms with E-state index in [-0.39, 0.29) is 5.15 Å². The molecule has 5 nitrogen and oxygen atoms in total. The first-order valence-corrected chi connectivity index (χ1v) is 10.1. The van der Waals surface area contributed by atoms with Crippen molar-refractivity contribution in [1.82, 2.24) is 9.97 Å². The maximum atomic E-state index is 11.7. The van der Waals surface area contributed by atoms with E-state index in [1.807, 2.05) is 32.9 Å². The normalized spacial score (nSPS) is 13.3. The topological polar surface area (TPSA) is 75.1 Å². The molecule has 2 rings (SSSR count). The Morgan fingerprint density at radius 3 is 2.65 bits per heavy atom. The van der Waals surface area contributed by atoms with Gasteiger partial charge in [0.25, 0.3) is 0 Å². The van der Waals surface area contributed by atoms with Gasteiger partial charge < -0.3 is 10.4 Å². The highest BCUT2D eigenvalue weighted by Crippen LogP contribution is 2.36. The Bertz CT molecular complexity index is 834. The number of nitrogens with one attached hydrogen (secondary N) is 1. The molecule has 0 amide bonds. The van der Waals surface area contributed by atoms with Crippen LogP contribution in [0.3, 0.4) is 0 Å². The SMILES string of the molecule is CCCC(C)(Sc1nc(Cl)cc(Nc2ccc(Br)c(C)c2C)n1)C(=O)O. The van der Waals surface area contributed by atoms with E-state index < -0.39 is 10.7 Å². The largest absolute Gasteiger partial charge is 0.480 e. The Morgan fingerprint density at radius 1 is 1.35 bits per heavy atom. The fourth-order valence-electron chi connectivity index (χ4n) is 2.45. The van der Waals surface area contributed by atoms with Crippen LogP contribution in [0.2, 0.25) is 5.15 Å². The second kappa shape index (κ2) is 8.59. The van der Waals surface area contributed by atoms with Gasteiger partial charge in [-0.05, 0) is 50.5 Å². The summed E-state index contributed by atoms with van der Waals surface area (Å²) in [4.78, 5) is 20.3. The number of benzene rings is 1. The van der Waals surface area contributed by atoms with Crippen molar-refractivity contribution in [3.8, 4) is 0 Å². The number of halogens is 2. The summed E-state index contributed by atoms with van der Waals surface area (Å²) in [5.74, 6) is -0.358. The third kappa shape index (κ3) is 4.90. The molecule has 2 N–H and O–H groups in total. The summed E-state index contributed by atoms with van der Waals surface area (Å²) in [7, 11) is 0. The van der Waals surface area contributed by atoms with Crippen LogP contribution in [0.4, 0.5) is 11.5 Å². The standard InChI is InChI=1S/C18H21BrClN3O2S/c1-5-8-18(4,16(24)25)26-17-22-14(20)9-15(23-17)21-13-7-6-12(19)10(2)11(13)3/h6-7,9H,5,8H2,1-4H3,(H,24,25)(H,21,22,23). The number of carbonyl (C=O) groups is 1. The van der Waals surface area contributed by atoms with Crippen LogP contribution in [-0.4, -0.2) is 25.8 Å². The number of anilines is 2. The molecule has 8 heteroatoms. The van der Waals surface area contributed by atoms with Gasteiger partial charge in [0.2, 0.25) is 0 Å². The van der Waals surface area contributed by atoms with Crippen molar-refractivity contribution in [2.24, 2.45) is 0 Å². The highest BCUT2D eigenvalue weighted by molar-refractivity contribution is 9.10. The van der Waals surface area contributed by atoms with Crippen LogP contribution in [0.1, 0.15) is 37.8 Å². The zero-order valence-corrected chi connectivity index (χ0v) is 18.2. The quantitative estimate of drug-likeness (QED) is 0.301. The minimum atomic E-state index is -0.999. The second-order valence-electron chi connectivity index (χ2n) is 6.22. The number of thioether (sulfide) groups is 1. The van der Waals surface area contributed by atoms with E-state index >= 15 is 0 Å². The number of aliphatic carboxylic acids is 1. The van der Waals surface area contributed by atoms with Crippen molar-refractivity contribution in [1.29, 1.82) is 0 Å². The number of rotatable bonds is 7. The summed E-state index contributed by atoms with van der Waals surface area (Å²) < 4.78 is 0.0372. The summed E-state index contributed by atoms with van der Waals surface area (Å²) in [6.07, 6.45) is 1.26. The first kappa shape index (κ1) is 21.0. The van der Waals surface area contributed by atoms with Crippen LogP contribution < -0.4 is 5.32 Å². The lowest BCUT2D eigenvalue weighted by Crippen LogP contribution is -2.31. The molecule has 0 saturated heterocycles. The Balaban J connectivity index is 2.33. The highest BCUT2D eigenvalue weighted by Gasteiger charge is 2.34. The lowest BCUT2D eigenvalue weighted by Gasteiger charge is -2.22. The van der Waals surface area contributed by atoms with E-state index in [4.69, 9.17) is 11.6 Å². The fourth-order valence-corrected chi connectivity index (χ4v) is 4.20. The minimum Gasteiger partial charge on any atom is -0.480 e. The van der Waals surface area contributed by atoms with Crippen molar-refractivity contribution in [2.75, 3.05) is 5.32 Å². The van der Waals surface area contributed by atoms with Gasteiger partial charge in [-0.1, -0.05) is 52.6 Å². The average Bonchev–Trinajstić information content (AvgIpc) is 2.55. The Kier molecular flexibility index (Phi) is 6.93. The number of aromatic nitrogens is 2. The van der Waals surface area contributed by atoms with Crippen molar-refractivity contribution in [3.05, 3.63) is 39.0 Å². The van der Waals surface area contributed by atoms with E-state index in [2.05, 4.69) is 31.2 Å². The molecule has 140 valence electrons. The van der Waals surface area contributed by atoms with Gasteiger partial charge in [-0.25, -0.2) is 9.97 Å². The second-order valence-corrected chi connectivity index (χ2v) is 8.93. The predicted molar refractivity (Wildman–Crippen MR) is 111 cm³/mol. The molecular formula is C18H21BrClN3O2S. The number of hydrogen-bond donors (Lipinski definition) is 2. The van der Waals surface area contributed by atoms with Crippen molar-refractivity contribution < 1.29 is 9.90 Å². The minimum absolute atomic E-state index is 0.265. The molecule has 0 radical (unpaired) electrons. The predicted octanol–water partition coefficient (Wildman–Crippen LogP) is 5.99. The van der Waals surface area contributed by atoms with Crippen LogP contribution in [0.5, 0.6) is 0 Å². The smallest absolute Gasteiger partial charge is 0.319 e. The van der Waals surface area contributed by atoms with Crippen molar-refractivity contribution in [2.45, 2.75) is 50.4 Å². The fraction of sp³-hybridized carbons (Fsp3) is 0.389. The van der Waals surface area contributed by atoms with E-state index in [9.17, 15) is 9.90 Å². The molecular weight excluding hydrogens is 438 g/mol. The molecule has 1 aromatic heterocycles. The van der Waals surface area contributed by atoms with Gasteiger partial charge in [-0.3, -0.25) is 4.79 Å². The van der Waals surface area contributed by atoms with Gasteiger partial charge in [0.05, 0.1) is 0 Å². The van der Waals surface area contributed by atoms with Gasteiger partial charge in [-0.15, -0.1) is 0 Å². The molecule has 2 aromatic rings. The first-order valence-electron chi connectivity index (χ1n) is 8.16. The summed E-state index contributed by atoms with van der Waals surface area (Å²) in [6, 6.07) is 5.54. The van der Waals surface area contributed by atoms with Crippen LogP contribution in [-0.2, 0) is 4.79 Å². The molecule has 0 saturated carbocycles. The van der Waals surface area contributed by atoms with E-state index in [1.165, 1.54) is 0 Å². The van der Waals surface area contributed by atoms with Crippen molar-refractivity contribution >= 4 is 56.8 Å². The molecule has 0 aliphatic rings. The number of hydrogen-bond acceptors (Lipinski definition) is 5. The molecule has 0 fully saturated rings. The first-order chi connectivity index (χ1) is 12.2. The Labute approximate surface area is 171 Å². The number of nitrogens with zero attached hydrogens (tertiary/aromatic N) is 2. The molecule has 1 aromatic carbocycles. The molecule has 0 aliphatic heterocycles. The molecule has 0 spiro atoms. The maximum Gasteiger partial charge on any atom is 0.319 e. The number of carboxylic acid groups (broad SMARTS) is 1. The molecule has 1 heterocycles. The summed E-state index contributed by atoms with van der Waals surface area (Å²) in [5, 5.41) is 13.4. The van der Waals surface area contributed by atoms with Crippen molar-refractivity contribution in [3.63, 3.8) is 0 Å².